The fourth-order valence-corrected chi connectivity index (χ4v) is 3.79. The number of hydrogen-bond acceptors (Lipinski definition) is 5. The molecule has 0 aliphatic rings. The lowest BCUT2D eigenvalue weighted by Crippen LogP contribution is -2.13. The molecule has 3 aromatic rings. The number of aromatic nitrogens is 1. The lowest BCUT2D eigenvalue weighted by Gasteiger charge is -2.11. The fraction of sp³-hybridized carbons (Fsp3) is 0. The van der Waals surface area contributed by atoms with Crippen LogP contribution in [0.4, 0.5) is 11.4 Å². The van der Waals surface area contributed by atoms with Crippen LogP contribution < -0.4 is 15.2 Å². The molecule has 2 aromatic carbocycles. The molecule has 0 saturated heterocycles. The van der Waals surface area contributed by atoms with Gasteiger partial charge in [-0.05, 0) is 48.5 Å². The number of halogens is 2. The minimum absolute atomic E-state index is 0.0685. The molecule has 3 rings (SSSR count). The largest absolute Gasteiger partial charge is 0.457 e. The lowest BCUT2D eigenvalue weighted by atomic mass is 10.3. The van der Waals surface area contributed by atoms with E-state index < -0.39 is 10.0 Å². The number of nitrogen functional groups attached to an aromatic ring is 1. The summed E-state index contributed by atoms with van der Waals surface area (Å²) in [6.07, 6.45) is 3.22. The van der Waals surface area contributed by atoms with Gasteiger partial charge in [0.15, 0.2) is 0 Å². The van der Waals surface area contributed by atoms with Crippen molar-refractivity contribution < 1.29 is 13.2 Å². The molecule has 26 heavy (non-hydrogen) atoms. The molecule has 1 aromatic heterocycles. The zero-order valence-electron chi connectivity index (χ0n) is 13.2. The van der Waals surface area contributed by atoms with Crippen molar-refractivity contribution in [3.05, 3.63) is 71.0 Å². The first-order chi connectivity index (χ1) is 12.3. The number of ether oxygens (including phenoxy) is 1. The Morgan fingerprint density at radius 3 is 2.04 bits per heavy atom. The standard InChI is InChI=1S/C17H13Cl2N3O3S/c18-15-9-14(10-16(19)17(15)20)26(23,24)22-11-1-3-12(4-2-11)25-13-5-7-21-8-6-13/h1-10,22H,20H2. The van der Waals surface area contributed by atoms with Crippen LogP contribution in [-0.4, -0.2) is 13.4 Å². The molecule has 0 spiro atoms. The molecule has 0 radical (unpaired) electrons. The molecular weight excluding hydrogens is 397 g/mol. The van der Waals surface area contributed by atoms with Gasteiger partial charge in [0.25, 0.3) is 10.0 Å². The van der Waals surface area contributed by atoms with Crippen LogP contribution in [0.2, 0.25) is 10.0 Å². The summed E-state index contributed by atoms with van der Waals surface area (Å²) >= 11 is 11.8. The van der Waals surface area contributed by atoms with Crippen molar-refractivity contribution in [2.24, 2.45) is 0 Å². The molecule has 3 N–H and O–H groups in total. The SMILES string of the molecule is Nc1c(Cl)cc(S(=O)(=O)Nc2ccc(Oc3ccncc3)cc2)cc1Cl. The van der Waals surface area contributed by atoms with Crippen molar-refractivity contribution in [2.45, 2.75) is 4.90 Å². The van der Waals surface area contributed by atoms with E-state index in [0.29, 0.717) is 17.2 Å². The van der Waals surface area contributed by atoms with Gasteiger partial charge in [-0.1, -0.05) is 23.2 Å². The summed E-state index contributed by atoms with van der Waals surface area (Å²) in [6.45, 7) is 0. The van der Waals surface area contributed by atoms with Crippen LogP contribution in [0.5, 0.6) is 11.5 Å². The molecule has 0 fully saturated rings. The van der Waals surface area contributed by atoms with Crippen molar-refractivity contribution in [1.29, 1.82) is 0 Å². The molecule has 0 amide bonds. The molecule has 0 bridgehead atoms. The number of nitrogens with two attached hydrogens (primary N) is 1. The molecule has 1 heterocycles. The van der Waals surface area contributed by atoms with Gasteiger partial charge in [0, 0.05) is 18.1 Å². The van der Waals surface area contributed by atoms with E-state index in [9.17, 15) is 8.42 Å². The second-order valence-corrected chi connectivity index (χ2v) is 7.71. The van der Waals surface area contributed by atoms with Gasteiger partial charge in [0.2, 0.25) is 0 Å². The predicted octanol–water partition coefficient (Wildman–Crippen LogP) is 4.56. The smallest absolute Gasteiger partial charge is 0.261 e. The maximum absolute atomic E-state index is 12.5. The number of rotatable bonds is 5. The Balaban J connectivity index is 1.78. The van der Waals surface area contributed by atoms with E-state index in [2.05, 4.69) is 9.71 Å². The van der Waals surface area contributed by atoms with Gasteiger partial charge < -0.3 is 10.5 Å². The van der Waals surface area contributed by atoms with Crippen LogP contribution in [0.1, 0.15) is 0 Å². The summed E-state index contributed by atoms with van der Waals surface area (Å²) in [7, 11) is -3.87. The van der Waals surface area contributed by atoms with Gasteiger partial charge in [0.05, 0.1) is 20.6 Å². The van der Waals surface area contributed by atoms with Gasteiger partial charge >= 0.3 is 0 Å². The molecule has 0 aliphatic carbocycles. The van der Waals surface area contributed by atoms with Crippen molar-refractivity contribution in [3.8, 4) is 11.5 Å². The first-order valence-corrected chi connectivity index (χ1v) is 9.54. The average Bonchev–Trinajstić information content (AvgIpc) is 2.61. The minimum atomic E-state index is -3.87. The average molecular weight is 410 g/mol. The van der Waals surface area contributed by atoms with Crippen molar-refractivity contribution in [1.82, 2.24) is 4.98 Å². The Morgan fingerprint density at radius 2 is 1.46 bits per heavy atom. The van der Waals surface area contributed by atoms with Gasteiger partial charge in [-0.3, -0.25) is 9.71 Å². The van der Waals surface area contributed by atoms with Gasteiger partial charge in [-0.25, -0.2) is 8.42 Å². The van der Waals surface area contributed by atoms with E-state index in [1.54, 1.807) is 48.8 Å². The summed E-state index contributed by atoms with van der Waals surface area (Å²) in [5.41, 5.74) is 6.12. The van der Waals surface area contributed by atoms with Crippen LogP contribution in [0.3, 0.4) is 0 Å². The maximum Gasteiger partial charge on any atom is 0.261 e. The summed E-state index contributed by atoms with van der Waals surface area (Å²) in [5.74, 6) is 1.18. The summed E-state index contributed by atoms with van der Waals surface area (Å²) in [5, 5.41) is 0.137. The number of nitrogens with zero attached hydrogens (tertiary/aromatic N) is 1. The monoisotopic (exact) mass is 409 g/mol. The van der Waals surface area contributed by atoms with E-state index in [4.69, 9.17) is 33.7 Å². The Hall–Kier alpha value is -2.48. The van der Waals surface area contributed by atoms with E-state index in [-0.39, 0.29) is 20.6 Å². The van der Waals surface area contributed by atoms with E-state index in [0.717, 1.165) is 0 Å². The fourth-order valence-electron chi connectivity index (χ4n) is 2.06. The van der Waals surface area contributed by atoms with Gasteiger partial charge in [-0.2, -0.15) is 0 Å². The number of nitrogens with one attached hydrogen (secondary N) is 1. The third-order valence-electron chi connectivity index (χ3n) is 3.35. The first kappa shape index (κ1) is 18.3. The molecule has 0 aliphatic heterocycles. The minimum Gasteiger partial charge on any atom is -0.457 e. The Morgan fingerprint density at radius 1 is 0.923 bits per heavy atom. The summed E-state index contributed by atoms with van der Waals surface area (Å²) in [6, 6.07) is 12.3. The van der Waals surface area contributed by atoms with Gasteiger partial charge in [-0.15, -0.1) is 0 Å². The molecule has 9 heteroatoms. The summed E-state index contributed by atoms with van der Waals surface area (Å²) < 4.78 is 33.0. The highest BCUT2D eigenvalue weighted by atomic mass is 35.5. The van der Waals surface area contributed by atoms with E-state index in [1.165, 1.54) is 12.1 Å². The molecule has 6 nitrogen and oxygen atoms in total. The summed E-state index contributed by atoms with van der Waals surface area (Å²) in [4.78, 5) is 3.82. The van der Waals surface area contributed by atoms with Crippen LogP contribution in [0.15, 0.2) is 65.8 Å². The van der Waals surface area contributed by atoms with Crippen molar-refractivity contribution >= 4 is 44.6 Å². The molecular formula is C17H13Cl2N3O3S. The van der Waals surface area contributed by atoms with E-state index in [1.807, 2.05) is 0 Å². The number of pyridine rings is 1. The van der Waals surface area contributed by atoms with Crippen molar-refractivity contribution in [3.63, 3.8) is 0 Å². The second-order valence-electron chi connectivity index (χ2n) is 5.22. The van der Waals surface area contributed by atoms with Crippen LogP contribution >= 0.6 is 23.2 Å². The lowest BCUT2D eigenvalue weighted by molar-refractivity contribution is 0.482. The maximum atomic E-state index is 12.5. The van der Waals surface area contributed by atoms with Crippen LogP contribution in [-0.2, 0) is 10.0 Å². The Bertz CT molecular complexity index is 1000. The van der Waals surface area contributed by atoms with Gasteiger partial charge in [0.1, 0.15) is 11.5 Å². The molecule has 134 valence electrons. The van der Waals surface area contributed by atoms with Crippen molar-refractivity contribution in [2.75, 3.05) is 10.5 Å². The third-order valence-corrected chi connectivity index (χ3v) is 5.34. The molecule has 0 atom stereocenters. The first-order valence-electron chi connectivity index (χ1n) is 7.30. The van der Waals surface area contributed by atoms with E-state index >= 15 is 0 Å². The highest BCUT2D eigenvalue weighted by Gasteiger charge is 2.17. The third kappa shape index (κ3) is 4.19. The second kappa shape index (κ2) is 7.41. The van der Waals surface area contributed by atoms with Crippen LogP contribution in [0, 0.1) is 0 Å². The zero-order valence-corrected chi connectivity index (χ0v) is 15.5. The number of anilines is 2. The quantitative estimate of drug-likeness (QED) is 0.602. The molecule has 0 saturated carbocycles. The van der Waals surface area contributed by atoms with Crippen LogP contribution in [0.25, 0.3) is 0 Å². The molecule has 0 unspecified atom stereocenters. The number of sulfonamides is 1. The highest BCUT2D eigenvalue weighted by Crippen LogP contribution is 2.31. The Labute approximate surface area is 160 Å². The highest BCUT2D eigenvalue weighted by molar-refractivity contribution is 7.92. The number of benzene rings is 2. The topological polar surface area (TPSA) is 94.3 Å². The number of hydrogen-bond donors (Lipinski definition) is 2. The predicted molar refractivity (Wildman–Crippen MR) is 102 cm³/mol. The normalized spacial score (nSPS) is 11.2. The zero-order chi connectivity index (χ0) is 18.7. The Kier molecular flexibility index (Phi) is 5.22.